The highest BCUT2D eigenvalue weighted by Gasteiger charge is 2.46. The summed E-state index contributed by atoms with van der Waals surface area (Å²) in [6.07, 6.45) is 5.42. The predicted octanol–water partition coefficient (Wildman–Crippen LogP) is 2.85. The van der Waals surface area contributed by atoms with E-state index in [0.29, 0.717) is 12.5 Å². The van der Waals surface area contributed by atoms with Crippen LogP contribution >= 0.6 is 0 Å². The summed E-state index contributed by atoms with van der Waals surface area (Å²) in [5.41, 5.74) is 3.88. The molecule has 2 fully saturated rings. The first-order valence-corrected chi connectivity index (χ1v) is 8.77. The molecule has 5 heteroatoms. The molecule has 1 unspecified atom stereocenters. The van der Waals surface area contributed by atoms with Crippen molar-refractivity contribution in [1.82, 2.24) is 5.32 Å². The Kier molecular flexibility index (Phi) is 3.74. The van der Waals surface area contributed by atoms with Crippen molar-refractivity contribution < 1.29 is 19.1 Å². The van der Waals surface area contributed by atoms with Gasteiger partial charge in [-0.15, -0.1) is 0 Å². The van der Waals surface area contributed by atoms with Gasteiger partial charge >= 0.3 is 12.1 Å². The molecule has 128 valence electrons. The van der Waals surface area contributed by atoms with Gasteiger partial charge in [0, 0.05) is 13.3 Å². The molecule has 1 aliphatic heterocycles. The summed E-state index contributed by atoms with van der Waals surface area (Å²) >= 11 is 0. The van der Waals surface area contributed by atoms with Crippen LogP contribution in [0.1, 0.15) is 55.2 Å². The second-order valence-electron chi connectivity index (χ2n) is 7.42. The molecule has 1 amide bonds. The third-order valence-electron chi connectivity index (χ3n) is 5.67. The van der Waals surface area contributed by atoms with Crippen molar-refractivity contribution in [3.05, 3.63) is 34.9 Å². The van der Waals surface area contributed by atoms with Gasteiger partial charge in [-0.1, -0.05) is 18.2 Å². The molecule has 0 bridgehead atoms. The summed E-state index contributed by atoms with van der Waals surface area (Å²) in [6, 6.07) is 6.71. The van der Waals surface area contributed by atoms with Crippen molar-refractivity contribution in [2.24, 2.45) is 0 Å². The molecule has 0 aromatic heterocycles. The van der Waals surface area contributed by atoms with Gasteiger partial charge in [-0.05, 0) is 54.7 Å². The fourth-order valence-corrected chi connectivity index (χ4v) is 4.48. The molecule has 1 spiro atoms. The number of nitrogens with one attached hydrogen (secondary N) is 1. The van der Waals surface area contributed by atoms with E-state index in [1.54, 1.807) is 0 Å². The van der Waals surface area contributed by atoms with Crippen molar-refractivity contribution in [3.8, 4) is 0 Å². The number of hydrogen-bond donors (Lipinski definition) is 1. The first-order valence-electron chi connectivity index (χ1n) is 8.77. The first-order chi connectivity index (χ1) is 11.5. The summed E-state index contributed by atoms with van der Waals surface area (Å²) < 4.78 is 10.5. The van der Waals surface area contributed by atoms with Crippen molar-refractivity contribution >= 4 is 12.1 Å². The van der Waals surface area contributed by atoms with E-state index in [4.69, 9.17) is 9.47 Å². The van der Waals surface area contributed by atoms with Crippen molar-refractivity contribution in [3.63, 3.8) is 0 Å². The Balaban J connectivity index is 1.47. The standard InChI is InChI=1S/C19H23NO4/c1-12(21)24-17-5-4-13-8-14(2-3-15(13)9-17)16-6-7-19(10-16)11-23-18(22)20-19/h2-3,8,16-17H,4-7,9-11H2,1H3,(H,20,22)/t16-,17?,19+/m0/s1. The van der Waals surface area contributed by atoms with Crippen LogP contribution in [0.5, 0.6) is 0 Å². The van der Waals surface area contributed by atoms with Gasteiger partial charge in [0.2, 0.25) is 0 Å². The van der Waals surface area contributed by atoms with Crippen LogP contribution in [0.15, 0.2) is 18.2 Å². The molecule has 1 aromatic rings. The lowest BCUT2D eigenvalue weighted by Crippen LogP contribution is -2.40. The van der Waals surface area contributed by atoms with Crippen LogP contribution in [-0.2, 0) is 27.1 Å². The molecule has 24 heavy (non-hydrogen) atoms. The molecule has 1 saturated heterocycles. The first kappa shape index (κ1) is 15.5. The van der Waals surface area contributed by atoms with Gasteiger partial charge in [-0.25, -0.2) is 4.79 Å². The average molecular weight is 329 g/mol. The Morgan fingerprint density at radius 3 is 2.96 bits per heavy atom. The van der Waals surface area contributed by atoms with E-state index < -0.39 is 0 Å². The molecule has 2 aliphatic carbocycles. The molecule has 1 saturated carbocycles. The molecule has 5 nitrogen and oxygen atoms in total. The van der Waals surface area contributed by atoms with Gasteiger partial charge in [-0.2, -0.15) is 0 Å². The maximum atomic E-state index is 11.4. The van der Waals surface area contributed by atoms with E-state index in [-0.39, 0.29) is 23.7 Å². The maximum absolute atomic E-state index is 11.4. The highest BCUT2D eigenvalue weighted by molar-refractivity contribution is 5.71. The lowest BCUT2D eigenvalue weighted by Gasteiger charge is -2.26. The number of carbonyl (C=O) groups excluding carboxylic acids is 2. The predicted molar refractivity (Wildman–Crippen MR) is 87.8 cm³/mol. The molecular weight excluding hydrogens is 306 g/mol. The Hall–Kier alpha value is -2.04. The number of alkyl carbamates (subject to hydrolysis) is 1. The SMILES string of the molecule is CC(=O)OC1CCc2cc([C@H]3CC[C@]4(COC(=O)N4)C3)ccc2C1. The molecule has 3 aliphatic rings. The Labute approximate surface area is 141 Å². The minimum Gasteiger partial charge on any atom is -0.462 e. The Morgan fingerprint density at radius 1 is 1.33 bits per heavy atom. The van der Waals surface area contributed by atoms with Gasteiger partial charge in [0.1, 0.15) is 12.7 Å². The number of fused-ring (bicyclic) bond motifs is 1. The maximum Gasteiger partial charge on any atom is 0.407 e. The number of cyclic esters (lactones) is 1. The van der Waals surface area contributed by atoms with Crippen LogP contribution in [0.3, 0.4) is 0 Å². The van der Waals surface area contributed by atoms with Crippen LogP contribution in [0.4, 0.5) is 4.79 Å². The number of aryl methyl sites for hydroxylation is 1. The molecular formula is C19H23NO4. The summed E-state index contributed by atoms with van der Waals surface area (Å²) in [5, 5.41) is 3.01. The highest BCUT2D eigenvalue weighted by Crippen LogP contribution is 2.43. The number of ether oxygens (including phenoxy) is 2. The van der Waals surface area contributed by atoms with Crippen LogP contribution in [-0.4, -0.2) is 30.3 Å². The van der Waals surface area contributed by atoms with E-state index in [9.17, 15) is 9.59 Å². The second kappa shape index (κ2) is 5.80. The molecule has 1 N–H and O–H groups in total. The number of benzene rings is 1. The fourth-order valence-electron chi connectivity index (χ4n) is 4.48. The van der Waals surface area contributed by atoms with Gasteiger partial charge in [-0.3, -0.25) is 4.79 Å². The fraction of sp³-hybridized carbons (Fsp3) is 0.579. The van der Waals surface area contributed by atoms with E-state index in [1.165, 1.54) is 23.6 Å². The van der Waals surface area contributed by atoms with Crippen LogP contribution < -0.4 is 5.32 Å². The lowest BCUT2D eigenvalue weighted by molar-refractivity contribution is -0.146. The largest absolute Gasteiger partial charge is 0.462 e. The van der Waals surface area contributed by atoms with E-state index in [1.807, 2.05) is 0 Å². The third-order valence-corrected chi connectivity index (χ3v) is 5.67. The van der Waals surface area contributed by atoms with Gasteiger partial charge in [0.25, 0.3) is 0 Å². The number of amides is 1. The average Bonchev–Trinajstić information content (AvgIpc) is 3.13. The van der Waals surface area contributed by atoms with Crippen LogP contribution in [0.25, 0.3) is 0 Å². The molecule has 3 atom stereocenters. The number of hydrogen-bond acceptors (Lipinski definition) is 4. The monoisotopic (exact) mass is 329 g/mol. The number of rotatable bonds is 2. The van der Waals surface area contributed by atoms with Crippen molar-refractivity contribution in [2.75, 3.05) is 6.61 Å². The van der Waals surface area contributed by atoms with Crippen molar-refractivity contribution in [1.29, 1.82) is 0 Å². The minimum atomic E-state index is -0.280. The van der Waals surface area contributed by atoms with Crippen LogP contribution in [0, 0.1) is 0 Å². The topological polar surface area (TPSA) is 64.6 Å². The summed E-state index contributed by atoms with van der Waals surface area (Å²) in [5.74, 6) is 0.278. The lowest BCUT2D eigenvalue weighted by atomic mass is 9.85. The molecule has 1 heterocycles. The summed E-state index contributed by atoms with van der Waals surface area (Å²) in [6.45, 7) is 1.97. The zero-order chi connectivity index (χ0) is 16.7. The van der Waals surface area contributed by atoms with Gasteiger partial charge in [0.15, 0.2) is 0 Å². The van der Waals surface area contributed by atoms with Gasteiger partial charge in [0.05, 0.1) is 5.54 Å². The zero-order valence-electron chi connectivity index (χ0n) is 14.0. The number of carbonyl (C=O) groups is 2. The third kappa shape index (κ3) is 2.87. The highest BCUT2D eigenvalue weighted by atomic mass is 16.6. The van der Waals surface area contributed by atoms with E-state index >= 15 is 0 Å². The Morgan fingerprint density at radius 2 is 2.21 bits per heavy atom. The smallest absolute Gasteiger partial charge is 0.407 e. The quantitative estimate of drug-likeness (QED) is 0.848. The van der Waals surface area contributed by atoms with Crippen LogP contribution in [0.2, 0.25) is 0 Å². The summed E-state index contributed by atoms with van der Waals surface area (Å²) in [4.78, 5) is 22.5. The summed E-state index contributed by atoms with van der Waals surface area (Å²) in [7, 11) is 0. The molecule has 1 aromatic carbocycles. The zero-order valence-corrected chi connectivity index (χ0v) is 14.0. The molecule has 4 rings (SSSR count). The van der Waals surface area contributed by atoms with Gasteiger partial charge < -0.3 is 14.8 Å². The second-order valence-corrected chi connectivity index (χ2v) is 7.42. The Bertz CT molecular complexity index is 686. The van der Waals surface area contributed by atoms with E-state index in [2.05, 4.69) is 23.5 Å². The van der Waals surface area contributed by atoms with Crippen molar-refractivity contribution in [2.45, 2.75) is 63.0 Å². The van der Waals surface area contributed by atoms with E-state index in [0.717, 1.165) is 38.5 Å². The minimum absolute atomic E-state index is 0.0152. The normalized spacial score (nSPS) is 31.5. The number of esters is 1. The molecule has 0 radical (unpaired) electrons.